The number of hydrogen-bond donors (Lipinski definition) is 1. The van der Waals surface area contributed by atoms with E-state index in [2.05, 4.69) is 34.2 Å². The van der Waals surface area contributed by atoms with Gasteiger partial charge >= 0.3 is 0 Å². The second-order valence-electron chi connectivity index (χ2n) is 4.87. The van der Waals surface area contributed by atoms with Crippen LogP contribution in [0.3, 0.4) is 0 Å². The third-order valence-electron chi connectivity index (χ3n) is 3.16. The van der Waals surface area contributed by atoms with Crippen molar-refractivity contribution in [1.29, 1.82) is 5.41 Å². The second kappa shape index (κ2) is 12.3. The van der Waals surface area contributed by atoms with Crippen molar-refractivity contribution in [2.24, 2.45) is 15.0 Å². The highest BCUT2D eigenvalue weighted by Crippen LogP contribution is 2.10. The van der Waals surface area contributed by atoms with Crippen LogP contribution in [-0.4, -0.2) is 30.5 Å². The van der Waals surface area contributed by atoms with Gasteiger partial charge in [-0.15, -0.1) is 0 Å². The molecule has 0 spiro atoms. The van der Waals surface area contributed by atoms with Crippen molar-refractivity contribution in [2.45, 2.75) is 13.3 Å². The van der Waals surface area contributed by atoms with Crippen molar-refractivity contribution in [2.75, 3.05) is 6.54 Å². The van der Waals surface area contributed by atoms with E-state index in [1.54, 1.807) is 30.6 Å². The Bertz CT molecular complexity index is 723. The molecule has 0 atom stereocenters. The van der Waals surface area contributed by atoms with Crippen LogP contribution in [0.15, 0.2) is 100 Å². The van der Waals surface area contributed by atoms with Crippen LogP contribution in [0.2, 0.25) is 0 Å². The average Bonchev–Trinajstić information content (AvgIpc) is 2.65. The Kier molecular flexibility index (Phi) is 9.80. The number of dihydropyridines is 1. The van der Waals surface area contributed by atoms with Gasteiger partial charge in [0.25, 0.3) is 0 Å². The van der Waals surface area contributed by atoms with E-state index in [-0.39, 0.29) is 0 Å². The number of amidine groups is 1. The highest BCUT2D eigenvalue weighted by atomic mass is 14.9. The second-order valence-corrected chi connectivity index (χ2v) is 4.87. The maximum atomic E-state index is 7.49. The van der Waals surface area contributed by atoms with Crippen LogP contribution in [0.25, 0.3) is 0 Å². The van der Waals surface area contributed by atoms with Crippen LogP contribution in [0.1, 0.15) is 13.3 Å². The summed E-state index contributed by atoms with van der Waals surface area (Å²) in [7, 11) is 0. The van der Waals surface area contributed by atoms with E-state index < -0.39 is 0 Å². The third kappa shape index (κ3) is 7.31. The molecule has 0 saturated heterocycles. The molecule has 0 unspecified atom stereocenters. The number of rotatable bonds is 8. The van der Waals surface area contributed by atoms with Crippen molar-refractivity contribution < 1.29 is 0 Å². The molecule has 1 N–H and O–H groups in total. The van der Waals surface area contributed by atoms with Crippen molar-refractivity contribution in [3.05, 3.63) is 85.2 Å². The molecular formula is C21H24N4. The molecular weight excluding hydrogens is 308 g/mol. The minimum atomic E-state index is 0.565. The maximum absolute atomic E-state index is 7.49. The molecule has 4 nitrogen and oxygen atoms in total. The first kappa shape index (κ1) is 19.9. The number of hydrogen-bond acceptors (Lipinski definition) is 4. The van der Waals surface area contributed by atoms with Gasteiger partial charge in [-0.05, 0) is 25.0 Å². The lowest BCUT2D eigenvalue weighted by Crippen LogP contribution is -2.04. The smallest absolute Gasteiger partial charge is 0.154 e. The Labute approximate surface area is 150 Å². The molecule has 4 heteroatoms. The van der Waals surface area contributed by atoms with Crippen LogP contribution in [0, 0.1) is 5.41 Å². The van der Waals surface area contributed by atoms with E-state index in [4.69, 9.17) is 5.41 Å². The lowest BCUT2D eigenvalue weighted by atomic mass is 10.1. The van der Waals surface area contributed by atoms with Crippen LogP contribution in [-0.2, 0) is 0 Å². The first-order chi connectivity index (χ1) is 12.3. The third-order valence-corrected chi connectivity index (χ3v) is 3.16. The fourth-order valence-electron chi connectivity index (χ4n) is 1.97. The van der Waals surface area contributed by atoms with E-state index in [1.165, 1.54) is 6.21 Å². The minimum Gasteiger partial charge on any atom is -0.306 e. The van der Waals surface area contributed by atoms with E-state index >= 15 is 0 Å². The van der Waals surface area contributed by atoms with E-state index in [0.717, 1.165) is 24.1 Å². The monoisotopic (exact) mass is 332 g/mol. The molecule has 0 aromatic rings. The summed E-state index contributed by atoms with van der Waals surface area (Å²) in [6.07, 6.45) is 22.0. The Morgan fingerprint density at radius 3 is 2.72 bits per heavy atom. The molecule has 25 heavy (non-hydrogen) atoms. The van der Waals surface area contributed by atoms with Crippen molar-refractivity contribution in [3.63, 3.8) is 0 Å². The molecule has 0 aromatic heterocycles. The van der Waals surface area contributed by atoms with Crippen LogP contribution >= 0.6 is 0 Å². The van der Waals surface area contributed by atoms with Crippen molar-refractivity contribution >= 4 is 24.0 Å². The molecule has 128 valence electrons. The summed E-state index contributed by atoms with van der Waals surface area (Å²) < 4.78 is 0. The van der Waals surface area contributed by atoms with Crippen molar-refractivity contribution in [1.82, 2.24) is 0 Å². The minimum absolute atomic E-state index is 0.565. The van der Waals surface area contributed by atoms with Gasteiger partial charge in [-0.3, -0.25) is 9.98 Å². The van der Waals surface area contributed by atoms with Gasteiger partial charge in [0, 0.05) is 30.7 Å². The quantitative estimate of drug-likeness (QED) is 0.489. The summed E-state index contributed by atoms with van der Waals surface area (Å²) in [5.41, 5.74) is 2.41. The Morgan fingerprint density at radius 2 is 2.04 bits per heavy atom. The Balaban J connectivity index is 2.81. The zero-order valence-electron chi connectivity index (χ0n) is 14.6. The zero-order valence-corrected chi connectivity index (χ0v) is 14.6. The predicted molar refractivity (Wildman–Crippen MR) is 111 cm³/mol. The lowest BCUT2D eigenvalue weighted by Gasteiger charge is -2.07. The standard InChI is InChI=1S/C21H24N4/c1-4-7-11-18(6-3)20(17-22)23-15-10-16-25-21-19(12-8-5-2)13-9-14-24-21/h4-8,10-13,15-17,22H,1-2,9,14H2,3H3/b11-7-,12-8-,15-10+,18-6+,22-17?,23-20+,25-16?. The van der Waals surface area contributed by atoms with Gasteiger partial charge in [0.2, 0.25) is 0 Å². The van der Waals surface area contributed by atoms with Crippen LogP contribution in [0.4, 0.5) is 0 Å². The zero-order chi connectivity index (χ0) is 18.3. The van der Waals surface area contributed by atoms with Gasteiger partial charge in [-0.25, -0.2) is 4.99 Å². The number of allylic oxidation sites excluding steroid dienone is 8. The van der Waals surface area contributed by atoms with Gasteiger partial charge in [0.1, 0.15) is 0 Å². The molecule has 1 heterocycles. The maximum Gasteiger partial charge on any atom is 0.154 e. The predicted octanol–water partition coefficient (Wildman–Crippen LogP) is 4.82. The first-order valence-corrected chi connectivity index (χ1v) is 8.04. The van der Waals surface area contributed by atoms with Gasteiger partial charge in [0.15, 0.2) is 5.84 Å². The summed E-state index contributed by atoms with van der Waals surface area (Å²) in [5, 5.41) is 7.49. The molecule has 0 bridgehead atoms. The summed E-state index contributed by atoms with van der Waals surface area (Å²) in [6.45, 7) is 9.96. The van der Waals surface area contributed by atoms with E-state index in [9.17, 15) is 0 Å². The molecule has 1 aliphatic heterocycles. The number of nitrogens with one attached hydrogen (secondary N) is 1. The van der Waals surface area contributed by atoms with Crippen LogP contribution in [0.5, 0.6) is 0 Å². The SMILES string of the molecule is C=C/C=C\C1=CCCN=C1N=C/C=C/N=C(C=N)/C(/C=C\C=C)=C/C. The average molecular weight is 332 g/mol. The topological polar surface area (TPSA) is 60.9 Å². The van der Waals surface area contributed by atoms with Gasteiger partial charge in [0.05, 0.1) is 5.71 Å². The summed E-state index contributed by atoms with van der Waals surface area (Å²) in [4.78, 5) is 13.1. The highest BCUT2D eigenvalue weighted by Gasteiger charge is 2.05. The molecule has 0 aliphatic carbocycles. The molecule has 0 fully saturated rings. The molecule has 0 radical (unpaired) electrons. The number of nitrogens with zero attached hydrogens (tertiary/aromatic N) is 3. The molecule has 0 saturated carbocycles. The largest absolute Gasteiger partial charge is 0.306 e. The molecule has 1 rings (SSSR count). The fourth-order valence-corrected chi connectivity index (χ4v) is 1.97. The van der Waals surface area contributed by atoms with Gasteiger partial charge < -0.3 is 5.41 Å². The lowest BCUT2D eigenvalue weighted by molar-refractivity contribution is 0.980. The molecule has 0 aromatic carbocycles. The van der Waals surface area contributed by atoms with E-state index in [0.29, 0.717) is 11.5 Å². The summed E-state index contributed by atoms with van der Waals surface area (Å²) in [5.74, 6) is 0.702. The highest BCUT2D eigenvalue weighted by molar-refractivity contribution is 6.38. The molecule has 0 amide bonds. The Morgan fingerprint density at radius 1 is 1.24 bits per heavy atom. The van der Waals surface area contributed by atoms with Gasteiger partial charge in [-0.2, -0.15) is 0 Å². The summed E-state index contributed by atoms with van der Waals surface area (Å²) in [6, 6.07) is 0. The summed E-state index contributed by atoms with van der Waals surface area (Å²) >= 11 is 0. The van der Waals surface area contributed by atoms with Crippen molar-refractivity contribution in [3.8, 4) is 0 Å². The van der Waals surface area contributed by atoms with Crippen LogP contribution < -0.4 is 0 Å². The fraction of sp³-hybridized carbons (Fsp3) is 0.143. The van der Waals surface area contributed by atoms with Gasteiger partial charge in [-0.1, -0.05) is 61.8 Å². The normalized spacial score (nSPS) is 16.7. The number of aliphatic imine (C=N–C) groups is 3. The molecule has 1 aliphatic rings. The Hall–Kier alpha value is -3.14. The van der Waals surface area contributed by atoms with E-state index in [1.807, 2.05) is 37.3 Å². The first-order valence-electron chi connectivity index (χ1n) is 8.04.